The Morgan fingerprint density at radius 2 is 1.53 bits per heavy atom. The molecular formula is C26H25ClN2O5. The van der Waals surface area contributed by atoms with Crippen molar-refractivity contribution in [1.82, 2.24) is 0 Å². The second-order valence-electron chi connectivity index (χ2n) is 7.82. The molecule has 1 aliphatic rings. The molecule has 1 N–H and O–H groups in total. The Hall–Kier alpha value is -3.71. The Balaban J connectivity index is 1.72. The maximum atomic E-state index is 13.5. The molecule has 1 saturated heterocycles. The van der Waals surface area contributed by atoms with Crippen LogP contribution >= 0.6 is 11.6 Å². The highest BCUT2D eigenvalue weighted by atomic mass is 35.5. The number of hydrogen-bond donors (Lipinski definition) is 1. The number of carbonyl (C=O) groups is 2. The lowest BCUT2D eigenvalue weighted by molar-refractivity contribution is -0.122. The minimum Gasteiger partial charge on any atom is -0.497 e. The number of rotatable bonds is 7. The number of methoxy groups -OCH3 is 3. The molecule has 0 aromatic heterocycles. The summed E-state index contributed by atoms with van der Waals surface area (Å²) >= 11 is 6.13. The summed E-state index contributed by atoms with van der Waals surface area (Å²) in [6.07, 6.45) is 0.0530. The van der Waals surface area contributed by atoms with Gasteiger partial charge in [-0.3, -0.25) is 9.59 Å². The number of benzene rings is 3. The number of ether oxygens (including phenoxy) is 3. The van der Waals surface area contributed by atoms with Gasteiger partial charge in [0.25, 0.3) is 0 Å². The van der Waals surface area contributed by atoms with Crippen LogP contribution in [0.3, 0.4) is 0 Å². The van der Waals surface area contributed by atoms with Gasteiger partial charge in [-0.05, 0) is 60.2 Å². The maximum Gasteiger partial charge on any atom is 0.230 e. The van der Waals surface area contributed by atoms with Crippen LogP contribution in [0.25, 0.3) is 0 Å². The van der Waals surface area contributed by atoms with E-state index in [9.17, 15) is 9.59 Å². The van der Waals surface area contributed by atoms with E-state index in [2.05, 4.69) is 5.32 Å². The van der Waals surface area contributed by atoms with Crippen LogP contribution in [0.4, 0.5) is 11.4 Å². The van der Waals surface area contributed by atoms with E-state index in [0.717, 1.165) is 5.56 Å². The zero-order valence-electron chi connectivity index (χ0n) is 19.1. The van der Waals surface area contributed by atoms with Gasteiger partial charge in [0.2, 0.25) is 11.8 Å². The normalized spacial score (nSPS) is 17.4. The van der Waals surface area contributed by atoms with Gasteiger partial charge in [-0.15, -0.1) is 0 Å². The number of nitrogens with one attached hydrogen (secondary N) is 1. The van der Waals surface area contributed by atoms with Crippen molar-refractivity contribution in [1.29, 1.82) is 0 Å². The van der Waals surface area contributed by atoms with Gasteiger partial charge in [-0.2, -0.15) is 0 Å². The molecule has 1 heterocycles. The molecule has 0 saturated carbocycles. The molecule has 8 heteroatoms. The van der Waals surface area contributed by atoms with Crippen molar-refractivity contribution in [3.8, 4) is 17.2 Å². The number of hydrogen-bond acceptors (Lipinski definition) is 5. The molecular weight excluding hydrogens is 456 g/mol. The maximum absolute atomic E-state index is 13.5. The fourth-order valence-corrected chi connectivity index (χ4v) is 4.37. The summed E-state index contributed by atoms with van der Waals surface area (Å²) in [5, 5.41) is 3.37. The van der Waals surface area contributed by atoms with E-state index in [1.54, 1.807) is 49.5 Å². The lowest BCUT2D eigenvalue weighted by Gasteiger charge is -2.29. The van der Waals surface area contributed by atoms with E-state index in [1.165, 1.54) is 7.11 Å². The molecule has 2 amide bonds. The number of amides is 2. The molecule has 34 heavy (non-hydrogen) atoms. The van der Waals surface area contributed by atoms with Crippen molar-refractivity contribution in [2.75, 3.05) is 31.5 Å². The van der Waals surface area contributed by atoms with Crippen molar-refractivity contribution >= 4 is 34.8 Å². The molecule has 3 aromatic rings. The first-order valence-electron chi connectivity index (χ1n) is 10.7. The smallest absolute Gasteiger partial charge is 0.230 e. The summed E-state index contributed by atoms with van der Waals surface area (Å²) in [4.78, 5) is 28.4. The van der Waals surface area contributed by atoms with Crippen LogP contribution in [-0.2, 0) is 9.59 Å². The fourth-order valence-electron chi connectivity index (χ4n) is 4.20. The predicted octanol–water partition coefficient (Wildman–Crippen LogP) is 5.10. The van der Waals surface area contributed by atoms with Gasteiger partial charge in [0.15, 0.2) is 0 Å². The third kappa shape index (κ3) is 4.65. The SMILES string of the molecule is COc1ccc([C@@H]2[C@@H](C(=O)Nc3cc(Cl)ccc3OC)CC(=O)N2c2ccc(OC)cc2)cc1. The molecule has 176 valence electrons. The summed E-state index contributed by atoms with van der Waals surface area (Å²) in [7, 11) is 4.69. The molecule has 0 radical (unpaired) electrons. The van der Waals surface area contributed by atoms with E-state index in [4.69, 9.17) is 25.8 Å². The summed E-state index contributed by atoms with van der Waals surface area (Å²) in [5.41, 5.74) is 1.95. The Bertz CT molecular complexity index is 1180. The lowest BCUT2D eigenvalue weighted by atomic mass is 9.92. The highest BCUT2D eigenvalue weighted by Gasteiger charge is 2.45. The van der Waals surface area contributed by atoms with Crippen LogP contribution < -0.4 is 24.4 Å². The van der Waals surface area contributed by atoms with Gasteiger partial charge in [0.1, 0.15) is 17.2 Å². The summed E-state index contributed by atoms with van der Waals surface area (Å²) in [5.74, 6) is 0.754. The van der Waals surface area contributed by atoms with Crippen LogP contribution in [0.2, 0.25) is 5.02 Å². The molecule has 0 spiro atoms. The topological polar surface area (TPSA) is 77.1 Å². The Morgan fingerprint density at radius 1 is 0.912 bits per heavy atom. The van der Waals surface area contributed by atoms with Crippen molar-refractivity contribution in [3.63, 3.8) is 0 Å². The zero-order chi connectivity index (χ0) is 24.2. The lowest BCUT2D eigenvalue weighted by Crippen LogP contribution is -2.32. The molecule has 1 fully saturated rings. The third-order valence-corrected chi connectivity index (χ3v) is 6.12. The monoisotopic (exact) mass is 480 g/mol. The molecule has 4 rings (SSSR count). The van der Waals surface area contributed by atoms with E-state index in [1.807, 2.05) is 36.4 Å². The number of anilines is 2. The molecule has 7 nitrogen and oxygen atoms in total. The van der Waals surface area contributed by atoms with Crippen molar-refractivity contribution in [2.45, 2.75) is 12.5 Å². The van der Waals surface area contributed by atoms with E-state index in [-0.39, 0.29) is 18.2 Å². The minimum absolute atomic E-state index is 0.0530. The second kappa shape index (κ2) is 10.1. The predicted molar refractivity (Wildman–Crippen MR) is 131 cm³/mol. The van der Waals surface area contributed by atoms with Gasteiger partial charge in [-0.25, -0.2) is 0 Å². The van der Waals surface area contributed by atoms with Gasteiger partial charge >= 0.3 is 0 Å². The first-order valence-corrected chi connectivity index (χ1v) is 11.1. The van der Waals surface area contributed by atoms with Crippen LogP contribution in [0.5, 0.6) is 17.2 Å². The van der Waals surface area contributed by atoms with Crippen molar-refractivity contribution in [3.05, 3.63) is 77.3 Å². The first kappa shape index (κ1) is 23.4. The summed E-state index contributed by atoms with van der Waals surface area (Å²) < 4.78 is 15.9. The molecule has 0 unspecified atom stereocenters. The van der Waals surface area contributed by atoms with Gasteiger partial charge in [0, 0.05) is 17.1 Å². The van der Waals surface area contributed by atoms with Crippen molar-refractivity contribution < 1.29 is 23.8 Å². The molecule has 2 atom stereocenters. The quantitative estimate of drug-likeness (QED) is 0.509. The minimum atomic E-state index is -0.647. The van der Waals surface area contributed by atoms with Crippen LogP contribution in [0, 0.1) is 5.92 Å². The zero-order valence-corrected chi connectivity index (χ0v) is 19.8. The highest BCUT2D eigenvalue weighted by Crippen LogP contribution is 2.43. The van der Waals surface area contributed by atoms with Gasteiger partial charge < -0.3 is 24.4 Å². The van der Waals surface area contributed by atoms with Crippen molar-refractivity contribution in [2.24, 2.45) is 5.92 Å². The van der Waals surface area contributed by atoms with E-state index in [0.29, 0.717) is 33.6 Å². The summed E-state index contributed by atoms with van der Waals surface area (Å²) in [6, 6.07) is 19.1. The van der Waals surface area contributed by atoms with Gasteiger partial charge in [0.05, 0.1) is 39.0 Å². The average Bonchev–Trinajstić information content (AvgIpc) is 3.21. The Kier molecular flexibility index (Phi) is 6.93. The largest absolute Gasteiger partial charge is 0.497 e. The Labute approximate surface area is 203 Å². The average molecular weight is 481 g/mol. The number of carbonyl (C=O) groups excluding carboxylic acids is 2. The van der Waals surface area contributed by atoms with Crippen LogP contribution in [-0.4, -0.2) is 33.1 Å². The third-order valence-electron chi connectivity index (χ3n) is 5.89. The van der Waals surface area contributed by atoms with Crippen LogP contribution in [0.15, 0.2) is 66.7 Å². The highest BCUT2D eigenvalue weighted by molar-refractivity contribution is 6.31. The van der Waals surface area contributed by atoms with E-state index >= 15 is 0 Å². The fraction of sp³-hybridized carbons (Fsp3) is 0.231. The molecule has 3 aromatic carbocycles. The molecule has 0 bridgehead atoms. The number of nitrogens with zero attached hydrogens (tertiary/aromatic N) is 1. The Morgan fingerprint density at radius 3 is 2.12 bits per heavy atom. The first-order chi connectivity index (χ1) is 16.4. The number of halogens is 1. The standard InChI is InChI=1S/C26H25ClN2O5/c1-32-19-9-4-16(5-10-19)25-21(26(31)28-22-14-17(27)6-13-23(22)34-3)15-24(30)29(25)18-7-11-20(33-2)12-8-18/h4-14,21,25H,15H2,1-3H3,(H,28,31)/t21-,25+/m0/s1. The van der Waals surface area contributed by atoms with E-state index < -0.39 is 12.0 Å². The van der Waals surface area contributed by atoms with Gasteiger partial charge in [-0.1, -0.05) is 23.7 Å². The second-order valence-corrected chi connectivity index (χ2v) is 8.26. The summed E-state index contributed by atoms with van der Waals surface area (Å²) in [6.45, 7) is 0. The van der Waals surface area contributed by atoms with Crippen LogP contribution in [0.1, 0.15) is 18.0 Å². The molecule has 0 aliphatic carbocycles. The molecule has 1 aliphatic heterocycles.